The molecule has 152 valence electrons. The summed E-state index contributed by atoms with van der Waals surface area (Å²) < 4.78 is 10.2. The van der Waals surface area contributed by atoms with Crippen molar-refractivity contribution in [1.29, 1.82) is 0 Å². The normalized spacial score (nSPS) is 26.3. The molecule has 1 fully saturated rings. The van der Waals surface area contributed by atoms with Gasteiger partial charge in [0.1, 0.15) is 30.5 Å². The van der Waals surface area contributed by atoms with Gasteiger partial charge in [-0.1, -0.05) is 30.0 Å². The summed E-state index contributed by atoms with van der Waals surface area (Å²) in [6.45, 7) is -0.477. The molecule has 0 bridgehead atoms. The van der Waals surface area contributed by atoms with Crippen LogP contribution in [0.5, 0.6) is 0 Å². The fourth-order valence-corrected chi connectivity index (χ4v) is 3.12. The summed E-state index contributed by atoms with van der Waals surface area (Å²) in [5, 5.41) is 39.3. The Morgan fingerprint density at radius 1 is 1.00 bits per heavy atom. The number of rotatable bonds is 3. The van der Waals surface area contributed by atoms with Gasteiger partial charge in [0.15, 0.2) is 0 Å². The Balaban J connectivity index is 1.76. The van der Waals surface area contributed by atoms with Gasteiger partial charge in [0.05, 0.1) is 19.3 Å². The van der Waals surface area contributed by atoms with E-state index in [0.29, 0.717) is 22.3 Å². The lowest BCUT2D eigenvalue weighted by atomic mass is 9.91. The molecule has 29 heavy (non-hydrogen) atoms. The van der Waals surface area contributed by atoms with Gasteiger partial charge in [0.2, 0.25) is 0 Å². The van der Waals surface area contributed by atoms with Crippen LogP contribution >= 0.6 is 0 Å². The molecule has 7 heteroatoms. The number of benzene rings is 2. The molecule has 1 saturated heterocycles. The predicted molar refractivity (Wildman–Crippen MR) is 103 cm³/mol. The molecule has 1 aliphatic heterocycles. The Bertz CT molecular complexity index is 911. The van der Waals surface area contributed by atoms with Crippen molar-refractivity contribution in [2.45, 2.75) is 30.5 Å². The van der Waals surface area contributed by atoms with Gasteiger partial charge in [-0.15, -0.1) is 0 Å². The van der Waals surface area contributed by atoms with E-state index in [-0.39, 0.29) is 0 Å². The maximum atomic E-state index is 11.6. The van der Waals surface area contributed by atoms with E-state index < -0.39 is 43.1 Å². The van der Waals surface area contributed by atoms with Crippen LogP contribution in [0.4, 0.5) is 0 Å². The summed E-state index contributed by atoms with van der Waals surface area (Å²) in [6.07, 6.45) is -5.99. The first-order chi connectivity index (χ1) is 13.9. The number of esters is 1. The van der Waals surface area contributed by atoms with E-state index in [0.717, 1.165) is 0 Å². The van der Waals surface area contributed by atoms with Crippen LogP contribution < -0.4 is 0 Å². The second-order valence-corrected chi connectivity index (χ2v) is 6.69. The number of hydrogen-bond acceptors (Lipinski definition) is 7. The topological polar surface area (TPSA) is 116 Å². The zero-order valence-corrected chi connectivity index (χ0v) is 15.7. The van der Waals surface area contributed by atoms with Crippen molar-refractivity contribution in [3.8, 4) is 11.8 Å². The lowest BCUT2D eigenvalue weighted by Crippen LogP contribution is -2.55. The molecule has 0 saturated carbocycles. The standard InChI is InChI=1S/C22H22O7/c1-28-22(27)16-4-2-3-14(11-16)6-5-13-7-9-15(10-8-13)21-20(26)19(25)18(24)17(12-23)29-21/h2-4,7-11,17-21,23-26H,12H2,1H3/t17-,18-,19+,20-,21-/m1/s1. The number of ether oxygens (including phenoxy) is 2. The monoisotopic (exact) mass is 398 g/mol. The number of aliphatic hydroxyl groups is 4. The second kappa shape index (κ2) is 9.18. The zero-order valence-electron chi connectivity index (χ0n) is 15.7. The molecule has 5 atom stereocenters. The third kappa shape index (κ3) is 4.65. The smallest absolute Gasteiger partial charge is 0.337 e. The lowest BCUT2D eigenvalue weighted by molar-refractivity contribution is -0.231. The maximum absolute atomic E-state index is 11.6. The number of methoxy groups -OCH3 is 1. The largest absolute Gasteiger partial charge is 0.465 e. The van der Waals surface area contributed by atoms with E-state index in [4.69, 9.17) is 9.47 Å². The summed E-state index contributed by atoms with van der Waals surface area (Å²) in [6, 6.07) is 13.6. The van der Waals surface area contributed by atoms with Crippen molar-refractivity contribution in [2.75, 3.05) is 13.7 Å². The Kier molecular flexibility index (Phi) is 6.64. The Morgan fingerprint density at radius 3 is 2.34 bits per heavy atom. The molecule has 2 aromatic rings. The van der Waals surface area contributed by atoms with Crippen LogP contribution in [-0.2, 0) is 9.47 Å². The van der Waals surface area contributed by atoms with E-state index in [2.05, 4.69) is 11.8 Å². The average Bonchev–Trinajstić information content (AvgIpc) is 2.76. The highest BCUT2D eigenvalue weighted by atomic mass is 16.5. The van der Waals surface area contributed by atoms with Crippen LogP contribution in [0.1, 0.15) is 33.2 Å². The van der Waals surface area contributed by atoms with E-state index in [9.17, 15) is 25.2 Å². The molecule has 1 heterocycles. The second-order valence-electron chi connectivity index (χ2n) is 6.69. The first-order valence-corrected chi connectivity index (χ1v) is 9.05. The molecule has 0 unspecified atom stereocenters. The van der Waals surface area contributed by atoms with E-state index >= 15 is 0 Å². The summed E-state index contributed by atoms with van der Waals surface area (Å²) in [7, 11) is 1.32. The van der Waals surface area contributed by atoms with Crippen LogP contribution in [0.25, 0.3) is 0 Å². The molecular formula is C22H22O7. The quantitative estimate of drug-likeness (QED) is 0.437. The molecule has 7 nitrogen and oxygen atoms in total. The van der Waals surface area contributed by atoms with Crippen molar-refractivity contribution in [1.82, 2.24) is 0 Å². The minimum Gasteiger partial charge on any atom is -0.465 e. The fraction of sp³-hybridized carbons (Fsp3) is 0.318. The van der Waals surface area contributed by atoms with Gasteiger partial charge in [-0.2, -0.15) is 0 Å². The van der Waals surface area contributed by atoms with Crippen LogP contribution in [0.3, 0.4) is 0 Å². The molecule has 0 aromatic heterocycles. The van der Waals surface area contributed by atoms with E-state index in [1.165, 1.54) is 7.11 Å². The molecule has 0 amide bonds. The average molecular weight is 398 g/mol. The van der Waals surface area contributed by atoms with Crippen molar-refractivity contribution < 1.29 is 34.7 Å². The highest BCUT2D eigenvalue weighted by Gasteiger charge is 2.43. The summed E-state index contributed by atoms with van der Waals surface area (Å²) in [5.41, 5.74) is 2.35. The Hall–Kier alpha value is -2.73. The van der Waals surface area contributed by atoms with Crippen LogP contribution in [-0.4, -0.2) is 64.5 Å². The number of hydrogen-bond donors (Lipinski definition) is 4. The summed E-state index contributed by atoms with van der Waals surface area (Å²) in [4.78, 5) is 11.6. The highest BCUT2D eigenvalue weighted by molar-refractivity contribution is 5.89. The van der Waals surface area contributed by atoms with Crippen LogP contribution in [0.15, 0.2) is 48.5 Å². The van der Waals surface area contributed by atoms with Gasteiger partial charge in [-0.3, -0.25) is 0 Å². The fourth-order valence-electron chi connectivity index (χ4n) is 3.12. The molecule has 1 aliphatic rings. The predicted octanol–water partition coefficient (Wildman–Crippen LogP) is 0.388. The van der Waals surface area contributed by atoms with Crippen molar-refractivity contribution >= 4 is 5.97 Å². The van der Waals surface area contributed by atoms with E-state index in [1.807, 2.05) is 0 Å². The number of aliphatic hydroxyl groups excluding tert-OH is 4. The number of carbonyl (C=O) groups is 1. The first-order valence-electron chi connectivity index (χ1n) is 9.05. The van der Waals surface area contributed by atoms with Crippen molar-refractivity contribution in [3.05, 3.63) is 70.8 Å². The van der Waals surface area contributed by atoms with E-state index in [1.54, 1.807) is 48.5 Å². The van der Waals surface area contributed by atoms with Gasteiger partial charge >= 0.3 is 5.97 Å². The molecular weight excluding hydrogens is 376 g/mol. The van der Waals surface area contributed by atoms with Gasteiger partial charge in [0, 0.05) is 11.1 Å². The van der Waals surface area contributed by atoms with Gasteiger partial charge in [-0.05, 0) is 35.9 Å². The first kappa shape index (κ1) is 21.0. The van der Waals surface area contributed by atoms with Crippen molar-refractivity contribution in [3.63, 3.8) is 0 Å². The van der Waals surface area contributed by atoms with Gasteiger partial charge in [-0.25, -0.2) is 4.79 Å². The molecule has 0 spiro atoms. The molecule has 4 N–H and O–H groups in total. The molecule has 3 rings (SSSR count). The number of carbonyl (C=O) groups excluding carboxylic acids is 1. The van der Waals surface area contributed by atoms with Crippen LogP contribution in [0, 0.1) is 11.8 Å². The lowest BCUT2D eigenvalue weighted by Gasteiger charge is -2.40. The zero-order chi connectivity index (χ0) is 21.0. The molecule has 0 aliphatic carbocycles. The van der Waals surface area contributed by atoms with Crippen molar-refractivity contribution in [2.24, 2.45) is 0 Å². The highest BCUT2D eigenvalue weighted by Crippen LogP contribution is 2.32. The summed E-state index contributed by atoms with van der Waals surface area (Å²) in [5.74, 6) is 5.53. The van der Waals surface area contributed by atoms with Gasteiger partial charge < -0.3 is 29.9 Å². The summed E-state index contributed by atoms with van der Waals surface area (Å²) >= 11 is 0. The third-order valence-electron chi connectivity index (χ3n) is 4.77. The van der Waals surface area contributed by atoms with Gasteiger partial charge in [0.25, 0.3) is 0 Å². The maximum Gasteiger partial charge on any atom is 0.337 e. The minimum absolute atomic E-state index is 0.414. The molecule has 0 radical (unpaired) electrons. The third-order valence-corrected chi connectivity index (χ3v) is 4.77. The van der Waals surface area contributed by atoms with Crippen LogP contribution in [0.2, 0.25) is 0 Å². The minimum atomic E-state index is -1.42. The Labute approximate surface area is 168 Å². The molecule has 2 aromatic carbocycles. The SMILES string of the molecule is COC(=O)c1cccc(C#Cc2ccc([C@H]3O[C@H](CO)[C@@H](O)[C@H](O)[C@H]3O)cc2)c1. The Morgan fingerprint density at radius 2 is 1.69 bits per heavy atom.